The Labute approximate surface area is 72.0 Å². The second-order valence-corrected chi connectivity index (χ2v) is 2.88. The number of hydrogen-bond donors (Lipinski definition) is 0. The monoisotopic (exact) mass is 184 g/mol. The van der Waals surface area contributed by atoms with Gasteiger partial charge in [0.05, 0.1) is 5.97 Å². The molecule has 5 nitrogen and oxygen atoms in total. The number of aryl methyl sites for hydroxylation is 1. The number of hydrogen-bond acceptors (Lipinski definition) is 6. The summed E-state index contributed by atoms with van der Waals surface area (Å²) in [7, 11) is 0. The summed E-state index contributed by atoms with van der Waals surface area (Å²) in [5.74, 6) is -1.60. The first-order valence-electron chi connectivity index (χ1n) is 2.99. The Morgan fingerprint density at radius 3 is 2.75 bits per heavy atom. The summed E-state index contributed by atoms with van der Waals surface area (Å²) in [5, 5.41) is 24.3. The van der Waals surface area contributed by atoms with Gasteiger partial charge in [0.2, 0.25) is 0 Å². The van der Waals surface area contributed by atoms with E-state index in [-0.39, 0.29) is 5.01 Å². The lowest BCUT2D eigenvalue weighted by molar-refractivity contribution is -0.294. The molecule has 1 aromatic heterocycles. The number of nitrogens with zero attached hydrogens (tertiary/aromatic N) is 2. The Hall–Kier alpha value is -1.43. The van der Waals surface area contributed by atoms with E-state index in [1.54, 1.807) is 12.3 Å². The van der Waals surface area contributed by atoms with Crippen molar-refractivity contribution in [2.75, 3.05) is 0 Å². The quantitative estimate of drug-likeness (QED) is 0.457. The topological polar surface area (TPSA) is 88.4 Å². The predicted molar refractivity (Wildman–Crippen MR) is 41.8 cm³/mol. The highest BCUT2D eigenvalue weighted by Crippen LogP contribution is 2.09. The van der Waals surface area contributed by atoms with Gasteiger partial charge in [-0.3, -0.25) is 0 Å². The standard InChI is InChI=1S/C6H6N2O3S/c1-3-2-12-5(7-3)4(8-11)6(9)10/h2,11H,1H3,(H,9,10)/p-2. The molecule has 0 N–H and O–H groups in total. The molecule has 0 atom stereocenters. The Morgan fingerprint density at radius 1 is 1.75 bits per heavy atom. The van der Waals surface area contributed by atoms with Gasteiger partial charge in [-0.05, 0) is 6.92 Å². The maximum absolute atomic E-state index is 10.3. The lowest BCUT2D eigenvalue weighted by Crippen LogP contribution is -2.32. The molecule has 0 aliphatic carbocycles. The molecular weight excluding hydrogens is 180 g/mol. The van der Waals surface area contributed by atoms with Gasteiger partial charge in [0, 0.05) is 11.1 Å². The first kappa shape index (κ1) is 8.66. The van der Waals surface area contributed by atoms with E-state index in [4.69, 9.17) is 0 Å². The highest BCUT2D eigenvalue weighted by Gasteiger charge is 2.06. The number of aromatic nitrogens is 1. The molecule has 12 heavy (non-hydrogen) atoms. The van der Waals surface area contributed by atoms with Crippen LogP contribution in [0.15, 0.2) is 10.5 Å². The summed E-state index contributed by atoms with van der Waals surface area (Å²) in [4.78, 5) is 14.0. The summed E-state index contributed by atoms with van der Waals surface area (Å²) in [6, 6.07) is 0. The van der Waals surface area contributed by atoms with E-state index in [9.17, 15) is 15.1 Å². The van der Waals surface area contributed by atoms with Gasteiger partial charge >= 0.3 is 0 Å². The van der Waals surface area contributed by atoms with Crippen molar-refractivity contribution in [3.05, 3.63) is 21.3 Å². The normalized spacial score (nSPS) is 11.6. The number of aliphatic carboxylic acids is 1. The number of rotatable bonds is 2. The van der Waals surface area contributed by atoms with Gasteiger partial charge in [-0.1, -0.05) is 0 Å². The van der Waals surface area contributed by atoms with Crippen LogP contribution < -0.4 is 5.11 Å². The van der Waals surface area contributed by atoms with Crippen molar-refractivity contribution in [1.29, 1.82) is 0 Å². The molecule has 6 heteroatoms. The fourth-order valence-corrected chi connectivity index (χ4v) is 1.39. The lowest BCUT2D eigenvalue weighted by atomic mass is 10.4. The van der Waals surface area contributed by atoms with Crippen molar-refractivity contribution in [1.82, 2.24) is 4.98 Å². The summed E-state index contributed by atoms with van der Waals surface area (Å²) >= 11 is 1.05. The van der Waals surface area contributed by atoms with Crippen molar-refractivity contribution in [3.8, 4) is 0 Å². The molecule has 0 radical (unpaired) electrons. The third-order valence-electron chi connectivity index (χ3n) is 1.11. The predicted octanol–water partition coefficient (Wildman–Crippen LogP) is -0.512. The van der Waals surface area contributed by atoms with Crippen LogP contribution >= 0.6 is 11.3 Å². The van der Waals surface area contributed by atoms with Crippen LogP contribution in [0, 0.1) is 12.1 Å². The number of carboxylic acid groups (broad SMARTS) is 1. The highest BCUT2D eigenvalue weighted by molar-refractivity contribution is 7.12. The minimum Gasteiger partial charge on any atom is -0.791 e. The zero-order valence-corrected chi connectivity index (χ0v) is 6.92. The second-order valence-electron chi connectivity index (χ2n) is 2.02. The van der Waals surface area contributed by atoms with Crippen LogP contribution in [0.3, 0.4) is 0 Å². The fraction of sp³-hybridized carbons (Fsp3) is 0.167. The first-order chi connectivity index (χ1) is 5.65. The zero-order chi connectivity index (χ0) is 9.14. The Morgan fingerprint density at radius 2 is 2.42 bits per heavy atom. The molecule has 0 saturated heterocycles. The largest absolute Gasteiger partial charge is 0.791 e. The Bertz CT molecular complexity index is 331. The molecule has 0 amide bonds. The molecule has 0 spiro atoms. The SMILES string of the molecule is Cc1csc(C(=N[O-])C(=O)[O-])n1. The Balaban J connectivity index is 3.04. The van der Waals surface area contributed by atoms with Crippen LogP contribution in [-0.2, 0) is 4.79 Å². The minimum absolute atomic E-state index is 0.0856. The second kappa shape index (κ2) is 3.31. The number of carbonyl (C=O) groups excluding carboxylic acids is 1. The van der Waals surface area contributed by atoms with Gasteiger partial charge in [-0.15, -0.1) is 11.3 Å². The fourth-order valence-electron chi connectivity index (χ4n) is 0.626. The average Bonchev–Trinajstić information content (AvgIpc) is 2.37. The number of carbonyl (C=O) groups is 1. The average molecular weight is 184 g/mol. The van der Waals surface area contributed by atoms with E-state index < -0.39 is 11.7 Å². The summed E-state index contributed by atoms with van der Waals surface area (Å²) in [6.45, 7) is 1.69. The molecule has 0 aromatic carbocycles. The molecule has 0 aliphatic rings. The van der Waals surface area contributed by atoms with Crippen LogP contribution in [0.2, 0.25) is 0 Å². The van der Waals surface area contributed by atoms with Crippen LogP contribution in [-0.4, -0.2) is 16.7 Å². The van der Waals surface area contributed by atoms with Crippen molar-refractivity contribution >= 4 is 23.0 Å². The van der Waals surface area contributed by atoms with Crippen LogP contribution in [0.4, 0.5) is 0 Å². The maximum atomic E-state index is 10.3. The molecule has 0 bridgehead atoms. The van der Waals surface area contributed by atoms with Crippen LogP contribution in [0.25, 0.3) is 0 Å². The summed E-state index contributed by atoms with van der Waals surface area (Å²) < 4.78 is 0. The summed E-state index contributed by atoms with van der Waals surface area (Å²) in [6.07, 6.45) is 0. The van der Waals surface area contributed by atoms with Crippen molar-refractivity contribution in [3.63, 3.8) is 0 Å². The van der Waals surface area contributed by atoms with Crippen molar-refractivity contribution < 1.29 is 9.90 Å². The van der Waals surface area contributed by atoms with E-state index in [2.05, 4.69) is 10.1 Å². The molecule has 1 rings (SSSR count). The van der Waals surface area contributed by atoms with Crippen LogP contribution in [0.1, 0.15) is 10.7 Å². The van der Waals surface area contributed by atoms with E-state index in [0.29, 0.717) is 5.69 Å². The summed E-state index contributed by atoms with van der Waals surface area (Å²) in [5.41, 5.74) is 0.00509. The van der Waals surface area contributed by atoms with Gasteiger partial charge in [0.1, 0.15) is 10.7 Å². The molecule has 64 valence electrons. The Kier molecular flexibility index (Phi) is 2.39. The molecule has 1 aromatic rings. The van der Waals surface area contributed by atoms with Gasteiger partial charge in [0.25, 0.3) is 0 Å². The first-order valence-corrected chi connectivity index (χ1v) is 3.87. The lowest BCUT2D eigenvalue weighted by Gasteiger charge is -2.04. The minimum atomic E-state index is -1.60. The molecule has 0 unspecified atom stereocenters. The molecule has 1 heterocycles. The van der Waals surface area contributed by atoms with E-state index in [1.165, 1.54) is 0 Å². The van der Waals surface area contributed by atoms with E-state index in [1.807, 2.05) is 0 Å². The highest BCUT2D eigenvalue weighted by atomic mass is 32.1. The number of thiazole rings is 1. The van der Waals surface area contributed by atoms with E-state index in [0.717, 1.165) is 11.3 Å². The number of carboxylic acids is 1. The van der Waals surface area contributed by atoms with Gasteiger partial charge in [0.15, 0.2) is 0 Å². The molecular formula is C6H4N2O3S-2. The van der Waals surface area contributed by atoms with Gasteiger partial charge in [-0.2, -0.15) is 0 Å². The third-order valence-corrected chi connectivity index (χ3v) is 2.07. The van der Waals surface area contributed by atoms with Gasteiger partial charge in [-0.25, -0.2) is 4.98 Å². The smallest absolute Gasteiger partial charge is 0.143 e. The van der Waals surface area contributed by atoms with Crippen LogP contribution in [0.5, 0.6) is 0 Å². The van der Waals surface area contributed by atoms with Crippen molar-refractivity contribution in [2.24, 2.45) is 5.16 Å². The zero-order valence-electron chi connectivity index (χ0n) is 6.10. The third kappa shape index (κ3) is 1.59. The van der Waals surface area contributed by atoms with Gasteiger partial charge < -0.3 is 20.3 Å². The molecule has 0 saturated carbocycles. The molecule has 0 fully saturated rings. The maximum Gasteiger partial charge on any atom is 0.143 e. The van der Waals surface area contributed by atoms with E-state index >= 15 is 0 Å². The molecule has 0 aliphatic heterocycles. The van der Waals surface area contributed by atoms with Crippen molar-refractivity contribution in [2.45, 2.75) is 6.92 Å².